The summed E-state index contributed by atoms with van der Waals surface area (Å²) in [6.07, 6.45) is 5.22. The highest BCUT2D eigenvalue weighted by molar-refractivity contribution is 5.95. The summed E-state index contributed by atoms with van der Waals surface area (Å²) in [5.74, 6) is 1.86. The number of pyridine rings is 2. The van der Waals surface area contributed by atoms with Crippen LogP contribution in [0, 0.1) is 11.3 Å². The zero-order valence-electron chi connectivity index (χ0n) is 14.9. The summed E-state index contributed by atoms with van der Waals surface area (Å²) in [6.45, 7) is 0. The van der Waals surface area contributed by atoms with E-state index in [1.54, 1.807) is 37.8 Å². The molecule has 0 saturated heterocycles. The van der Waals surface area contributed by atoms with Crippen molar-refractivity contribution in [3.63, 3.8) is 0 Å². The lowest BCUT2D eigenvalue weighted by Gasteiger charge is -2.09. The molecule has 0 amide bonds. The van der Waals surface area contributed by atoms with E-state index in [1.807, 2.05) is 24.3 Å². The number of aromatic amines is 1. The van der Waals surface area contributed by atoms with Gasteiger partial charge in [0.1, 0.15) is 29.2 Å². The third kappa shape index (κ3) is 2.32. The molecule has 0 aliphatic carbocycles. The largest absolute Gasteiger partial charge is 0.496 e. The average Bonchev–Trinajstić information content (AvgIpc) is 3.13. The van der Waals surface area contributed by atoms with Gasteiger partial charge in [0, 0.05) is 23.5 Å². The molecule has 0 saturated carbocycles. The number of H-pyrrole nitrogens is 1. The Kier molecular flexibility index (Phi) is 3.56. The van der Waals surface area contributed by atoms with Gasteiger partial charge in [-0.25, -0.2) is 9.97 Å². The maximum absolute atomic E-state index is 9.59. The topological polar surface area (TPSA) is 99.5 Å². The van der Waals surface area contributed by atoms with Crippen LogP contribution in [0.5, 0.6) is 5.75 Å². The van der Waals surface area contributed by atoms with Crippen LogP contribution in [0.4, 0.5) is 11.5 Å². The van der Waals surface area contributed by atoms with Crippen LogP contribution in [0.1, 0.15) is 5.56 Å². The van der Waals surface area contributed by atoms with Gasteiger partial charge in [-0.15, -0.1) is 0 Å². The normalized spacial score (nSPS) is 11.3. The zero-order chi connectivity index (χ0) is 19.1. The number of hydrogen-bond acceptors (Lipinski definition) is 6. The van der Waals surface area contributed by atoms with Crippen molar-refractivity contribution < 1.29 is 4.74 Å². The lowest BCUT2D eigenvalue weighted by molar-refractivity contribution is 0.416. The van der Waals surface area contributed by atoms with Crippen molar-refractivity contribution in [3.05, 3.63) is 60.6 Å². The van der Waals surface area contributed by atoms with E-state index in [0.29, 0.717) is 28.5 Å². The minimum atomic E-state index is 0.489. The first-order valence-corrected chi connectivity index (χ1v) is 8.64. The minimum Gasteiger partial charge on any atom is -0.496 e. The van der Waals surface area contributed by atoms with Gasteiger partial charge in [0.05, 0.1) is 35.8 Å². The molecule has 4 heterocycles. The monoisotopic (exact) mass is 366 g/mol. The van der Waals surface area contributed by atoms with Crippen LogP contribution in [0.25, 0.3) is 33.9 Å². The van der Waals surface area contributed by atoms with Crippen LogP contribution in [0.3, 0.4) is 0 Å². The molecule has 1 aliphatic rings. The molecular weight excluding hydrogens is 352 g/mol. The number of ether oxygens (including phenoxy) is 1. The molecule has 0 unspecified atom stereocenters. The number of fused-ring (bicyclic) bond motifs is 5. The minimum absolute atomic E-state index is 0.489. The summed E-state index contributed by atoms with van der Waals surface area (Å²) in [7, 11) is 1.58. The van der Waals surface area contributed by atoms with Crippen LogP contribution in [-0.4, -0.2) is 27.0 Å². The Hall–Kier alpha value is -4.18. The van der Waals surface area contributed by atoms with Crippen molar-refractivity contribution in [2.75, 3.05) is 12.4 Å². The number of hydrogen-bond donors (Lipinski definition) is 2. The van der Waals surface area contributed by atoms with Gasteiger partial charge in [0.2, 0.25) is 0 Å². The Morgan fingerprint density at radius 3 is 2.86 bits per heavy atom. The summed E-state index contributed by atoms with van der Waals surface area (Å²) >= 11 is 0. The van der Waals surface area contributed by atoms with E-state index >= 15 is 0 Å². The van der Waals surface area contributed by atoms with Gasteiger partial charge in [0.15, 0.2) is 0 Å². The average molecular weight is 366 g/mol. The molecule has 7 heteroatoms. The Balaban J connectivity index is 1.83. The number of rotatable bonds is 2. The maximum Gasteiger partial charge on any atom is 0.143 e. The lowest BCUT2D eigenvalue weighted by Crippen LogP contribution is -1.96. The van der Waals surface area contributed by atoms with Crippen LogP contribution < -0.4 is 10.1 Å². The third-order valence-electron chi connectivity index (χ3n) is 4.71. The molecule has 0 radical (unpaired) electrons. The first kappa shape index (κ1) is 16.0. The van der Waals surface area contributed by atoms with E-state index in [0.717, 1.165) is 28.2 Å². The molecule has 0 spiro atoms. The molecule has 28 heavy (non-hydrogen) atoms. The molecule has 5 rings (SSSR count). The Morgan fingerprint density at radius 2 is 2.00 bits per heavy atom. The zero-order valence-corrected chi connectivity index (χ0v) is 14.9. The number of aromatic nitrogens is 4. The molecule has 0 bridgehead atoms. The van der Waals surface area contributed by atoms with Crippen molar-refractivity contribution in [1.82, 2.24) is 19.9 Å². The van der Waals surface area contributed by atoms with Gasteiger partial charge in [0.25, 0.3) is 0 Å². The fourth-order valence-corrected chi connectivity index (χ4v) is 3.46. The number of anilines is 2. The molecule has 3 aromatic heterocycles. The van der Waals surface area contributed by atoms with Crippen molar-refractivity contribution in [3.8, 4) is 45.7 Å². The fourth-order valence-electron chi connectivity index (χ4n) is 3.46. The van der Waals surface area contributed by atoms with Crippen molar-refractivity contribution in [1.29, 1.82) is 5.26 Å². The number of imidazole rings is 1. The quantitative estimate of drug-likeness (QED) is 0.487. The molecule has 0 atom stereocenters. The number of nitrogens with zero attached hydrogens (tertiary/aromatic N) is 4. The highest BCUT2D eigenvalue weighted by Crippen LogP contribution is 2.44. The fraction of sp³-hybridized carbons (Fsp3) is 0.0476. The van der Waals surface area contributed by atoms with Crippen molar-refractivity contribution in [2.45, 2.75) is 0 Å². The van der Waals surface area contributed by atoms with Gasteiger partial charge in [-0.3, -0.25) is 4.98 Å². The Labute approximate surface area is 160 Å². The maximum atomic E-state index is 9.59. The lowest BCUT2D eigenvalue weighted by atomic mass is 10.1. The van der Waals surface area contributed by atoms with E-state index in [1.165, 1.54) is 0 Å². The number of nitriles is 1. The van der Waals surface area contributed by atoms with Crippen molar-refractivity contribution in [2.24, 2.45) is 0 Å². The molecule has 1 aromatic carbocycles. The van der Waals surface area contributed by atoms with Gasteiger partial charge in [-0.1, -0.05) is 6.07 Å². The van der Waals surface area contributed by atoms with Gasteiger partial charge < -0.3 is 15.0 Å². The highest BCUT2D eigenvalue weighted by Gasteiger charge is 2.25. The van der Waals surface area contributed by atoms with Crippen LogP contribution in [0.2, 0.25) is 0 Å². The molecule has 7 nitrogen and oxygen atoms in total. The standard InChI is InChI=1S/C21H14N6O/c1-28-16-6-2-4-12(10-22)17(16)21-26-18-13-7-9-23-11-15(13)25-20-14(19(18)27-21)5-3-8-24-20/h2-9,11H,1H3,(H,24,25)(H,26,27). The smallest absolute Gasteiger partial charge is 0.143 e. The number of methoxy groups -OCH3 is 1. The molecule has 0 fully saturated rings. The molecule has 4 aromatic rings. The second kappa shape index (κ2) is 6.21. The second-order valence-electron chi connectivity index (χ2n) is 6.25. The van der Waals surface area contributed by atoms with Gasteiger partial charge in [-0.2, -0.15) is 5.26 Å². The number of benzene rings is 1. The highest BCUT2D eigenvalue weighted by atomic mass is 16.5. The molecule has 2 N–H and O–H groups in total. The Bertz CT molecular complexity index is 1190. The molecule has 134 valence electrons. The second-order valence-corrected chi connectivity index (χ2v) is 6.25. The summed E-state index contributed by atoms with van der Waals surface area (Å²) in [5, 5.41) is 12.9. The third-order valence-corrected chi connectivity index (χ3v) is 4.71. The molecular formula is C21H14N6O. The van der Waals surface area contributed by atoms with Crippen LogP contribution in [0.15, 0.2) is 55.0 Å². The Morgan fingerprint density at radius 1 is 1.07 bits per heavy atom. The van der Waals surface area contributed by atoms with Crippen LogP contribution >= 0.6 is 0 Å². The van der Waals surface area contributed by atoms with Crippen LogP contribution in [-0.2, 0) is 0 Å². The predicted octanol–water partition coefficient (Wildman–Crippen LogP) is 4.14. The number of nitrogens with one attached hydrogen (secondary N) is 2. The van der Waals surface area contributed by atoms with Crippen molar-refractivity contribution >= 4 is 11.5 Å². The van der Waals surface area contributed by atoms with Gasteiger partial charge >= 0.3 is 0 Å². The first-order chi connectivity index (χ1) is 13.8. The van der Waals surface area contributed by atoms with Gasteiger partial charge in [-0.05, 0) is 30.3 Å². The molecule has 1 aliphatic heterocycles. The SMILES string of the molecule is COc1cccc(C#N)c1-c1nc2c([nH]1)-c1ccncc1Nc1ncccc1-2. The summed E-state index contributed by atoms with van der Waals surface area (Å²) < 4.78 is 5.49. The summed E-state index contributed by atoms with van der Waals surface area (Å²) in [4.78, 5) is 16.9. The van der Waals surface area contributed by atoms with E-state index < -0.39 is 0 Å². The van der Waals surface area contributed by atoms with E-state index in [2.05, 4.69) is 26.3 Å². The first-order valence-electron chi connectivity index (χ1n) is 8.64. The van der Waals surface area contributed by atoms with E-state index in [-0.39, 0.29) is 0 Å². The summed E-state index contributed by atoms with van der Waals surface area (Å²) in [5.41, 5.74) is 5.33. The van der Waals surface area contributed by atoms with E-state index in [4.69, 9.17) is 9.72 Å². The van der Waals surface area contributed by atoms with E-state index in [9.17, 15) is 5.26 Å². The predicted molar refractivity (Wildman–Crippen MR) is 105 cm³/mol. The summed E-state index contributed by atoms with van der Waals surface area (Å²) in [6, 6.07) is 13.3.